The first kappa shape index (κ1) is 24.3. The SMILES string of the molecule is CCOC(=O)/C=C/[C@H](C)C[C@@H](CO[Si](C)(C)C(C)(C)C)OS(C)(=O)=O. The number of ether oxygens (including phenoxy) is 1. The van der Waals surface area contributed by atoms with E-state index in [1.807, 2.05) is 6.92 Å². The summed E-state index contributed by atoms with van der Waals surface area (Å²) in [4.78, 5) is 11.4. The molecule has 0 aliphatic carbocycles. The van der Waals surface area contributed by atoms with E-state index in [1.54, 1.807) is 13.0 Å². The van der Waals surface area contributed by atoms with Gasteiger partial charge >= 0.3 is 5.97 Å². The van der Waals surface area contributed by atoms with Gasteiger partial charge in [0.2, 0.25) is 0 Å². The zero-order valence-electron chi connectivity index (χ0n) is 16.8. The smallest absolute Gasteiger partial charge is 0.330 e. The number of allylic oxidation sites excluding steroid dienone is 1. The molecule has 0 aromatic carbocycles. The van der Waals surface area contributed by atoms with Gasteiger partial charge < -0.3 is 9.16 Å². The number of rotatable bonds is 10. The number of hydrogen-bond acceptors (Lipinski definition) is 6. The zero-order chi connectivity index (χ0) is 19.9. The molecule has 0 fully saturated rings. The first-order valence-electron chi connectivity index (χ1n) is 8.55. The third-order valence-corrected chi connectivity index (χ3v) is 9.35. The Labute approximate surface area is 154 Å². The molecular formula is C17H34O6SSi. The van der Waals surface area contributed by atoms with Gasteiger partial charge in [0.25, 0.3) is 10.1 Å². The number of esters is 1. The Hall–Kier alpha value is -0.703. The maximum absolute atomic E-state index is 11.5. The van der Waals surface area contributed by atoms with Crippen LogP contribution in [0.25, 0.3) is 0 Å². The summed E-state index contributed by atoms with van der Waals surface area (Å²) in [6, 6.07) is 0. The molecule has 0 radical (unpaired) electrons. The Kier molecular flexibility index (Phi) is 9.57. The molecule has 25 heavy (non-hydrogen) atoms. The topological polar surface area (TPSA) is 78.9 Å². The average Bonchev–Trinajstić information content (AvgIpc) is 2.40. The molecule has 0 bridgehead atoms. The Morgan fingerprint density at radius 2 is 1.80 bits per heavy atom. The van der Waals surface area contributed by atoms with E-state index in [9.17, 15) is 13.2 Å². The van der Waals surface area contributed by atoms with Crippen molar-refractivity contribution in [3.8, 4) is 0 Å². The van der Waals surface area contributed by atoms with E-state index in [4.69, 9.17) is 13.3 Å². The van der Waals surface area contributed by atoms with Gasteiger partial charge in [-0.2, -0.15) is 8.42 Å². The molecule has 148 valence electrons. The fourth-order valence-electron chi connectivity index (χ4n) is 1.83. The van der Waals surface area contributed by atoms with Gasteiger partial charge in [-0.3, -0.25) is 4.18 Å². The minimum atomic E-state index is -3.59. The first-order chi connectivity index (χ1) is 11.2. The second kappa shape index (κ2) is 9.85. The van der Waals surface area contributed by atoms with Gasteiger partial charge in [-0.25, -0.2) is 4.79 Å². The minimum Gasteiger partial charge on any atom is -0.463 e. The van der Waals surface area contributed by atoms with Crippen molar-refractivity contribution in [3.63, 3.8) is 0 Å². The lowest BCUT2D eigenvalue weighted by atomic mass is 10.0. The zero-order valence-corrected chi connectivity index (χ0v) is 18.6. The van der Waals surface area contributed by atoms with Gasteiger partial charge in [0, 0.05) is 6.08 Å². The number of carbonyl (C=O) groups excluding carboxylic acids is 1. The van der Waals surface area contributed by atoms with Crippen LogP contribution in [0.5, 0.6) is 0 Å². The van der Waals surface area contributed by atoms with Crippen LogP contribution < -0.4 is 0 Å². The molecule has 0 unspecified atom stereocenters. The molecule has 0 heterocycles. The van der Waals surface area contributed by atoms with Crippen molar-refractivity contribution in [1.82, 2.24) is 0 Å². The first-order valence-corrected chi connectivity index (χ1v) is 13.3. The third-order valence-electron chi connectivity index (χ3n) is 4.23. The van der Waals surface area contributed by atoms with Gasteiger partial charge in [-0.15, -0.1) is 0 Å². The molecule has 0 aliphatic heterocycles. The standard InChI is InChI=1S/C17H34O6SSi/c1-9-21-16(18)11-10-14(2)12-15(23-24(6,19)20)13-22-25(7,8)17(3,4)5/h10-11,14-15H,9,12-13H2,1-8H3/b11-10+/t14-,15-/m0/s1. The maximum atomic E-state index is 11.5. The summed E-state index contributed by atoms with van der Waals surface area (Å²) in [6.45, 7) is 14.7. The summed E-state index contributed by atoms with van der Waals surface area (Å²) in [7, 11) is -5.60. The van der Waals surface area contributed by atoms with E-state index in [0.29, 0.717) is 13.0 Å². The predicted octanol–water partition coefficient (Wildman–Crippen LogP) is 3.50. The van der Waals surface area contributed by atoms with Gasteiger partial charge in [-0.05, 0) is 37.4 Å². The Morgan fingerprint density at radius 3 is 2.24 bits per heavy atom. The molecule has 8 heteroatoms. The van der Waals surface area contributed by atoms with Gasteiger partial charge in [0.15, 0.2) is 8.32 Å². The summed E-state index contributed by atoms with van der Waals surface area (Å²) in [5.41, 5.74) is 0. The number of hydrogen-bond donors (Lipinski definition) is 0. The van der Waals surface area contributed by atoms with Gasteiger partial charge in [0.05, 0.1) is 25.6 Å². The van der Waals surface area contributed by atoms with Crippen LogP contribution in [-0.4, -0.2) is 48.3 Å². The summed E-state index contributed by atoms with van der Waals surface area (Å²) < 4.78 is 39.2. The molecule has 0 aromatic heterocycles. The van der Waals surface area contributed by atoms with E-state index in [-0.39, 0.29) is 17.6 Å². The summed E-state index contributed by atoms with van der Waals surface area (Å²) in [5.74, 6) is -0.466. The molecule has 0 saturated carbocycles. The molecular weight excluding hydrogens is 360 g/mol. The van der Waals surface area contributed by atoms with Crippen molar-refractivity contribution in [2.24, 2.45) is 5.92 Å². The lowest BCUT2D eigenvalue weighted by Crippen LogP contribution is -2.43. The monoisotopic (exact) mass is 394 g/mol. The maximum Gasteiger partial charge on any atom is 0.330 e. The van der Waals surface area contributed by atoms with Crippen molar-refractivity contribution in [1.29, 1.82) is 0 Å². The van der Waals surface area contributed by atoms with Crippen LogP contribution in [0.1, 0.15) is 41.0 Å². The fourth-order valence-corrected chi connectivity index (χ4v) is 3.49. The molecule has 0 N–H and O–H groups in total. The molecule has 0 saturated heterocycles. The van der Waals surface area contributed by atoms with Crippen molar-refractivity contribution >= 4 is 24.4 Å². The van der Waals surface area contributed by atoms with E-state index < -0.39 is 30.5 Å². The van der Waals surface area contributed by atoms with E-state index in [1.165, 1.54) is 6.08 Å². The van der Waals surface area contributed by atoms with Crippen LogP contribution >= 0.6 is 0 Å². The van der Waals surface area contributed by atoms with E-state index in [0.717, 1.165) is 6.26 Å². The third kappa shape index (κ3) is 10.8. The Balaban J connectivity index is 4.93. The summed E-state index contributed by atoms with van der Waals surface area (Å²) in [5, 5.41) is 0.0259. The quantitative estimate of drug-likeness (QED) is 0.244. The van der Waals surface area contributed by atoms with E-state index >= 15 is 0 Å². The molecule has 2 atom stereocenters. The molecule has 0 rings (SSSR count). The molecule has 0 amide bonds. The Morgan fingerprint density at radius 1 is 1.24 bits per heavy atom. The predicted molar refractivity (Wildman–Crippen MR) is 102 cm³/mol. The lowest BCUT2D eigenvalue weighted by molar-refractivity contribution is -0.137. The fraction of sp³-hybridized carbons (Fsp3) is 0.824. The van der Waals surface area contributed by atoms with Crippen LogP contribution in [0.3, 0.4) is 0 Å². The van der Waals surface area contributed by atoms with Crippen LogP contribution in [0.4, 0.5) is 0 Å². The van der Waals surface area contributed by atoms with Crippen LogP contribution in [-0.2, 0) is 28.3 Å². The van der Waals surface area contributed by atoms with Gasteiger partial charge in [-0.1, -0.05) is 33.8 Å². The molecule has 0 spiro atoms. The highest BCUT2D eigenvalue weighted by Crippen LogP contribution is 2.36. The number of carbonyl (C=O) groups is 1. The molecule has 0 aromatic rings. The molecule has 0 aliphatic rings. The highest BCUT2D eigenvalue weighted by atomic mass is 32.2. The summed E-state index contributed by atoms with van der Waals surface area (Å²) >= 11 is 0. The van der Waals surface area contributed by atoms with Crippen LogP contribution in [0.2, 0.25) is 18.1 Å². The second-order valence-corrected chi connectivity index (χ2v) is 14.2. The normalized spacial score (nSPS) is 16.0. The van der Waals surface area contributed by atoms with Crippen molar-refractivity contribution in [3.05, 3.63) is 12.2 Å². The largest absolute Gasteiger partial charge is 0.463 e. The highest BCUT2D eigenvalue weighted by Gasteiger charge is 2.38. The molecule has 6 nitrogen and oxygen atoms in total. The Bertz CT molecular complexity index is 548. The van der Waals surface area contributed by atoms with Gasteiger partial charge in [0.1, 0.15) is 0 Å². The van der Waals surface area contributed by atoms with Crippen LogP contribution in [0, 0.1) is 5.92 Å². The van der Waals surface area contributed by atoms with E-state index in [2.05, 4.69) is 33.9 Å². The van der Waals surface area contributed by atoms with Crippen molar-refractivity contribution < 1.29 is 26.6 Å². The summed E-state index contributed by atoms with van der Waals surface area (Å²) in [6.07, 6.45) is 3.93. The second-order valence-electron chi connectivity index (χ2n) is 7.82. The minimum absolute atomic E-state index is 0.0259. The van der Waals surface area contributed by atoms with Crippen molar-refractivity contribution in [2.45, 2.75) is 65.3 Å². The lowest BCUT2D eigenvalue weighted by Gasteiger charge is -2.37. The van der Waals surface area contributed by atoms with Crippen LogP contribution in [0.15, 0.2) is 12.2 Å². The van der Waals surface area contributed by atoms with Crippen molar-refractivity contribution in [2.75, 3.05) is 19.5 Å². The highest BCUT2D eigenvalue weighted by molar-refractivity contribution is 7.86. The average molecular weight is 395 g/mol.